The molecule has 4 rings (SSSR count). The average Bonchev–Trinajstić information content (AvgIpc) is 3.02. The van der Waals surface area contributed by atoms with Crippen molar-refractivity contribution in [1.82, 2.24) is 25.2 Å². The van der Waals surface area contributed by atoms with Crippen molar-refractivity contribution in [3.63, 3.8) is 0 Å². The van der Waals surface area contributed by atoms with Crippen LogP contribution in [0.3, 0.4) is 0 Å². The third-order valence-corrected chi connectivity index (χ3v) is 5.04. The molecule has 0 radical (unpaired) electrons. The molecule has 10 nitrogen and oxygen atoms in total. The third kappa shape index (κ3) is 5.21. The molecule has 0 unspecified atom stereocenters. The van der Waals surface area contributed by atoms with E-state index in [-0.39, 0.29) is 36.0 Å². The van der Waals surface area contributed by atoms with E-state index in [0.29, 0.717) is 12.2 Å². The molecule has 2 N–H and O–H groups in total. The summed E-state index contributed by atoms with van der Waals surface area (Å²) in [7, 11) is 0. The number of anilines is 1. The van der Waals surface area contributed by atoms with E-state index in [1.807, 2.05) is 13.1 Å². The molecule has 154 valence electrons. The second-order valence-electron chi connectivity index (χ2n) is 7.95. The largest absolute Gasteiger partial charge is 0.446 e. The first-order valence-corrected chi connectivity index (χ1v) is 9.68. The number of carbonyl (C=O) groups is 2. The Balaban J connectivity index is 1.26. The minimum Gasteiger partial charge on any atom is -0.446 e. The van der Waals surface area contributed by atoms with Gasteiger partial charge in [0.15, 0.2) is 0 Å². The predicted octanol–water partition coefficient (Wildman–Crippen LogP) is 2.43. The lowest BCUT2D eigenvalue weighted by Crippen LogP contribution is -2.36. The van der Waals surface area contributed by atoms with Crippen LogP contribution in [0.2, 0.25) is 0 Å². The maximum Gasteiger partial charge on any atom is 0.407 e. The summed E-state index contributed by atoms with van der Waals surface area (Å²) >= 11 is 0. The highest BCUT2D eigenvalue weighted by Crippen LogP contribution is 2.35. The Morgan fingerprint density at radius 2 is 2.28 bits per heavy atom. The fourth-order valence-electron chi connectivity index (χ4n) is 3.21. The Morgan fingerprint density at radius 1 is 1.45 bits per heavy atom. The lowest BCUT2D eigenvalue weighted by atomic mass is 10.2. The van der Waals surface area contributed by atoms with E-state index in [2.05, 4.69) is 25.9 Å². The number of ether oxygens (including phenoxy) is 1. The molecule has 29 heavy (non-hydrogen) atoms. The fourth-order valence-corrected chi connectivity index (χ4v) is 3.21. The number of rotatable bonds is 6. The number of nitrogens with one attached hydrogen (secondary N) is 2. The zero-order valence-corrected chi connectivity index (χ0v) is 16.5. The van der Waals surface area contributed by atoms with E-state index in [1.54, 1.807) is 17.7 Å². The van der Waals surface area contributed by atoms with E-state index in [9.17, 15) is 9.59 Å². The zero-order valence-electron chi connectivity index (χ0n) is 16.5. The standard InChI is InChI=1S/C19H24N6O4/c1-12-7-15(29-24-12)9-16(26)21-17-20-11-25(23-17)10-13-3-4-14(8-13)28-18(27)22-19(2)5-6-19/h7,10-11,14H,3-6,8-9H2,1-2H3,(H,22,27)(H,21,23,26)/t14-/m1/s1. The molecule has 1 atom stereocenters. The highest BCUT2D eigenvalue weighted by molar-refractivity contribution is 5.90. The van der Waals surface area contributed by atoms with E-state index in [4.69, 9.17) is 9.26 Å². The van der Waals surface area contributed by atoms with Crippen LogP contribution in [0.25, 0.3) is 6.20 Å². The van der Waals surface area contributed by atoms with Crippen LogP contribution in [0.15, 0.2) is 22.5 Å². The summed E-state index contributed by atoms with van der Waals surface area (Å²) in [5.41, 5.74) is 1.75. The highest BCUT2D eigenvalue weighted by atomic mass is 16.6. The van der Waals surface area contributed by atoms with Gasteiger partial charge in [-0.2, -0.15) is 4.98 Å². The van der Waals surface area contributed by atoms with Crippen LogP contribution in [-0.2, 0) is 16.0 Å². The summed E-state index contributed by atoms with van der Waals surface area (Å²) in [6, 6.07) is 1.71. The molecule has 2 aliphatic carbocycles. The molecule has 0 aromatic carbocycles. The molecule has 2 aromatic heterocycles. The van der Waals surface area contributed by atoms with Crippen molar-refractivity contribution in [3.8, 4) is 0 Å². The fraction of sp³-hybridized carbons (Fsp3) is 0.526. The Hall–Kier alpha value is -3.17. The first kappa shape index (κ1) is 19.2. The van der Waals surface area contributed by atoms with E-state index in [1.165, 1.54) is 6.33 Å². The number of nitrogens with zero attached hydrogens (tertiary/aromatic N) is 4. The molecular weight excluding hydrogens is 376 g/mol. The molecule has 0 spiro atoms. The summed E-state index contributed by atoms with van der Waals surface area (Å²) in [5.74, 6) is 0.417. The van der Waals surface area contributed by atoms with Crippen LogP contribution in [0, 0.1) is 6.92 Å². The second-order valence-corrected chi connectivity index (χ2v) is 7.95. The Kier molecular flexibility index (Phi) is 5.08. The van der Waals surface area contributed by atoms with Gasteiger partial charge in [0.2, 0.25) is 11.9 Å². The van der Waals surface area contributed by atoms with Gasteiger partial charge in [0.25, 0.3) is 0 Å². The molecule has 10 heteroatoms. The summed E-state index contributed by atoms with van der Waals surface area (Å²) in [5, 5.41) is 13.5. The molecule has 2 aromatic rings. The third-order valence-electron chi connectivity index (χ3n) is 5.04. The first-order valence-electron chi connectivity index (χ1n) is 9.68. The Bertz CT molecular complexity index is 942. The topological polar surface area (TPSA) is 124 Å². The monoisotopic (exact) mass is 400 g/mol. The van der Waals surface area contributed by atoms with Crippen molar-refractivity contribution in [2.24, 2.45) is 0 Å². The minimum atomic E-state index is -0.344. The molecule has 0 aliphatic heterocycles. The van der Waals surface area contributed by atoms with Crippen LogP contribution in [-0.4, -0.2) is 43.6 Å². The maximum absolute atomic E-state index is 12.0. The number of aryl methyl sites for hydroxylation is 1. The molecular formula is C19H24N6O4. The van der Waals surface area contributed by atoms with E-state index in [0.717, 1.165) is 37.0 Å². The zero-order chi connectivity index (χ0) is 20.4. The average molecular weight is 400 g/mol. The molecule has 2 saturated carbocycles. The van der Waals surface area contributed by atoms with Crippen molar-refractivity contribution >= 4 is 24.1 Å². The van der Waals surface area contributed by atoms with Crippen molar-refractivity contribution in [3.05, 3.63) is 29.4 Å². The van der Waals surface area contributed by atoms with Gasteiger partial charge in [-0.05, 0) is 45.1 Å². The number of hydrogen-bond acceptors (Lipinski definition) is 7. The molecule has 2 fully saturated rings. The number of alkyl carbamates (subject to hydrolysis) is 1. The Labute approximate surface area is 167 Å². The normalized spacial score (nSPS) is 21.2. The summed E-state index contributed by atoms with van der Waals surface area (Å²) in [4.78, 5) is 28.1. The van der Waals surface area contributed by atoms with E-state index < -0.39 is 0 Å². The highest BCUT2D eigenvalue weighted by Gasteiger charge is 2.39. The number of aromatic nitrogens is 4. The van der Waals surface area contributed by atoms with Gasteiger partial charge < -0.3 is 14.6 Å². The SMILES string of the molecule is Cc1cc(CC(=O)Nc2ncn(C=C3CC[C@@H](OC(=O)NC4(C)CC4)C3)n2)on1. The van der Waals surface area contributed by atoms with Crippen molar-refractivity contribution in [1.29, 1.82) is 0 Å². The van der Waals surface area contributed by atoms with Crippen LogP contribution in [0.5, 0.6) is 0 Å². The lowest BCUT2D eigenvalue weighted by Gasteiger charge is -2.15. The smallest absolute Gasteiger partial charge is 0.407 e. The molecule has 0 saturated heterocycles. The van der Waals surface area contributed by atoms with Crippen LogP contribution in [0.4, 0.5) is 10.7 Å². The van der Waals surface area contributed by atoms with Crippen LogP contribution in [0.1, 0.15) is 50.5 Å². The first-order chi connectivity index (χ1) is 13.9. The summed E-state index contributed by atoms with van der Waals surface area (Å²) in [6.45, 7) is 3.81. The number of hydrogen-bond donors (Lipinski definition) is 2. The van der Waals surface area contributed by atoms with Gasteiger partial charge >= 0.3 is 6.09 Å². The van der Waals surface area contributed by atoms with Gasteiger partial charge in [-0.3, -0.25) is 10.1 Å². The summed E-state index contributed by atoms with van der Waals surface area (Å²) < 4.78 is 12.1. The number of amides is 2. The molecule has 2 heterocycles. The predicted molar refractivity (Wildman–Crippen MR) is 103 cm³/mol. The van der Waals surface area contributed by atoms with Gasteiger partial charge in [-0.1, -0.05) is 5.16 Å². The second kappa shape index (κ2) is 7.69. The van der Waals surface area contributed by atoms with Crippen molar-refractivity contribution < 1.29 is 18.8 Å². The quantitative estimate of drug-likeness (QED) is 0.763. The lowest BCUT2D eigenvalue weighted by molar-refractivity contribution is -0.115. The van der Waals surface area contributed by atoms with Gasteiger partial charge in [-0.25, -0.2) is 9.48 Å². The number of carbonyl (C=O) groups excluding carboxylic acids is 2. The van der Waals surface area contributed by atoms with Gasteiger partial charge in [-0.15, -0.1) is 5.10 Å². The van der Waals surface area contributed by atoms with Gasteiger partial charge in [0, 0.05) is 24.2 Å². The summed E-state index contributed by atoms with van der Waals surface area (Å²) in [6.07, 6.45) is 7.24. The van der Waals surface area contributed by atoms with Crippen molar-refractivity contribution in [2.75, 3.05) is 5.32 Å². The van der Waals surface area contributed by atoms with Crippen molar-refractivity contribution in [2.45, 2.75) is 64.0 Å². The molecule has 0 bridgehead atoms. The van der Waals surface area contributed by atoms with Gasteiger partial charge in [0.05, 0.1) is 12.1 Å². The maximum atomic E-state index is 12.0. The van der Waals surface area contributed by atoms with Gasteiger partial charge in [0.1, 0.15) is 18.2 Å². The van der Waals surface area contributed by atoms with Crippen LogP contribution < -0.4 is 10.6 Å². The van der Waals surface area contributed by atoms with Crippen LogP contribution >= 0.6 is 0 Å². The minimum absolute atomic E-state index is 0.0661. The Morgan fingerprint density at radius 3 is 3.00 bits per heavy atom. The molecule has 2 amide bonds. The molecule has 2 aliphatic rings. The van der Waals surface area contributed by atoms with E-state index >= 15 is 0 Å².